The quantitative estimate of drug-likeness (QED) is 0.605. The van der Waals surface area contributed by atoms with Gasteiger partial charge in [0.05, 0.1) is 25.9 Å². The summed E-state index contributed by atoms with van der Waals surface area (Å²) in [5.41, 5.74) is 0. The summed E-state index contributed by atoms with van der Waals surface area (Å²) in [6.45, 7) is 9.47. The molecule has 0 saturated heterocycles. The summed E-state index contributed by atoms with van der Waals surface area (Å²) in [4.78, 5) is 0. The van der Waals surface area contributed by atoms with E-state index in [1.807, 2.05) is 6.92 Å². The summed E-state index contributed by atoms with van der Waals surface area (Å²) in [6.07, 6.45) is 4.79. The molecule has 4 heteroatoms. The van der Waals surface area contributed by atoms with E-state index in [9.17, 15) is 5.11 Å². The molecular formula is C16H33NO3. The Morgan fingerprint density at radius 3 is 2.55 bits per heavy atom. The van der Waals surface area contributed by atoms with Crippen LogP contribution in [0, 0.1) is 11.8 Å². The van der Waals surface area contributed by atoms with E-state index in [2.05, 4.69) is 19.2 Å². The number of aliphatic hydroxyl groups is 1. The minimum Gasteiger partial charge on any atom is -0.389 e. The molecule has 1 fully saturated rings. The molecule has 0 bridgehead atoms. The normalized spacial score (nSPS) is 25.1. The maximum atomic E-state index is 9.93. The predicted octanol–water partition coefficient (Wildman–Crippen LogP) is 2.20. The van der Waals surface area contributed by atoms with Crippen molar-refractivity contribution in [2.24, 2.45) is 11.8 Å². The lowest BCUT2D eigenvalue weighted by Gasteiger charge is -2.35. The van der Waals surface area contributed by atoms with Crippen LogP contribution in [0.25, 0.3) is 0 Å². The lowest BCUT2D eigenvalue weighted by atomic mass is 9.78. The molecule has 0 amide bonds. The van der Waals surface area contributed by atoms with Gasteiger partial charge in [-0.25, -0.2) is 0 Å². The summed E-state index contributed by atoms with van der Waals surface area (Å²) in [7, 11) is 0. The van der Waals surface area contributed by atoms with Crippen LogP contribution in [0.15, 0.2) is 0 Å². The second-order valence-electron chi connectivity index (χ2n) is 6.13. The minimum absolute atomic E-state index is 0.388. The second kappa shape index (κ2) is 10.6. The first-order valence-corrected chi connectivity index (χ1v) is 8.22. The monoisotopic (exact) mass is 287 g/mol. The van der Waals surface area contributed by atoms with E-state index in [-0.39, 0.29) is 0 Å². The first-order valence-electron chi connectivity index (χ1n) is 8.22. The lowest BCUT2D eigenvalue weighted by Crippen LogP contribution is -2.44. The fourth-order valence-electron chi connectivity index (χ4n) is 3.04. The Kier molecular flexibility index (Phi) is 9.44. The van der Waals surface area contributed by atoms with Crippen molar-refractivity contribution >= 4 is 0 Å². The van der Waals surface area contributed by atoms with E-state index in [4.69, 9.17) is 9.47 Å². The number of rotatable bonds is 10. The molecule has 0 heterocycles. The second-order valence-corrected chi connectivity index (χ2v) is 6.13. The highest BCUT2D eigenvalue weighted by atomic mass is 16.5. The van der Waals surface area contributed by atoms with Crippen LogP contribution in [-0.2, 0) is 9.47 Å². The zero-order valence-corrected chi connectivity index (χ0v) is 13.4. The van der Waals surface area contributed by atoms with Gasteiger partial charge in [0.1, 0.15) is 0 Å². The molecule has 3 unspecified atom stereocenters. The van der Waals surface area contributed by atoms with Crippen LogP contribution in [0.2, 0.25) is 0 Å². The Labute approximate surface area is 124 Å². The first kappa shape index (κ1) is 17.9. The molecule has 0 spiro atoms. The number of hydrogen-bond donors (Lipinski definition) is 2. The largest absolute Gasteiger partial charge is 0.389 e. The van der Waals surface area contributed by atoms with Crippen molar-refractivity contribution < 1.29 is 14.6 Å². The molecule has 20 heavy (non-hydrogen) atoms. The molecule has 0 aliphatic heterocycles. The fraction of sp³-hybridized carbons (Fsp3) is 1.00. The topological polar surface area (TPSA) is 50.7 Å². The van der Waals surface area contributed by atoms with E-state index < -0.39 is 6.10 Å². The van der Waals surface area contributed by atoms with Crippen molar-refractivity contribution in [2.45, 2.75) is 58.6 Å². The van der Waals surface area contributed by atoms with Gasteiger partial charge < -0.3 is 19.9 Å². The molecule has 4 nitrogen and oxygen atoms in total. The average Bonchev–Trinajstić information content (AvgIpc) is 2.45. The van der Waals surface area contributed by atoms with Crippen LogP contribution in [0.3, 0.4) is 0 Å². The molecule has 0 aromatic carbocycles. The molecule has 1 aliphatic carbocycles. The fourth-order valence-corrected chi connectivity index (χ4v) is 3.04. The molecule has 2 N–H and O–H groups in total. The maximum absolute atomic E-state index is 9.93. The van der Waals surface area contributed by atoms with E-state index in [1.54, 1.807) is 0 Å². The van der Waals surface area contributed by atoms with Crippen molar-refractivity contribution in [3.8, 4) is 0 Å². The molecule has 1 aliphatic rings. The summed E-state index contributed by atoms with van der Waals surface area (Å²) >= 11 is 0. The maximum Gasteiger partial charge on any atom is 0.0897 e. The first-order chi connectivity index (χ1) is 9.65. The van der Waals surface area contributed by atoms with E-state index in [0.29, 0.717) is 44.9 Å². The van der Waals surface area contributed by atoms with Gasteiger partial charge in [0, 0.05) is 19.2 Å². The highest BCUT2D eigenvalue weighted by Crippen LogP contribution is 2.30. The molecule has 0 radical (unpaired) electrons. The van der Waals surface area contributed by atoms with Gasteiger partial charge in [0.25, 0.3) is 0 Å². The number of aliphatic hydroxyl groups excluding tert-OH is 1. The highest BCUT2D eigenvalue weighted by molar-refractivity contribution is 4.83. The van der Waals surface area contributed by atoms with Crippen LogP contribution in [0.1, 0.15) is 46.5 Å². The van der Waals surface area contributed by atoms with Crippen LogP contribution >= 0.6 is 0 Å². The van der Waals surface area contributed by atoms with Gasteiger partial charge in [0.15, 0.2) is 0 Å². The zero-order valence-electron chi connectivity index (χ0n) is 13.4. The van der Waals surface area contributed by atoms with Gasteiger partial charge in [-0.2, -0.15) is 0 Å². The van der Waals surface area contributed by atoms with Gasteiger partial charge >= 0.3 is 0 Å². The van der Waals surface area contributed by atoms with E-state index >= 15 is 0 Å². The lowest BCUT2D eigenvalue weighted by molar-refractivity contribution is 0.00425. The Bertz CT molecular complexity index is 236. The Morgan fingerprint density at radius 1 is 1.15 bits per heavy atom. The van der Waals surface area contributed by atoms with Gasteiger partial charge in [-0.3, -0.25) is 0 Å². The molecule has 120 valence electrons. The van der Waals surface area contributed by atoms with Crippen molar-refractivity contribution in [1.82, 2.24) is 5.32 Å². The molecule has 3 atom stereocenters. The highest BCUT2D eigenvalue weighted by Gasteiger charge is 2.27. The summed E-state index contributed by atoms with van der Waals surface area (Å²) in [5, 5.41) is 13.5. The average molecular weight is 287 g/mol. The Hall–Kier alpha value is -0.160. The van der Waals surface area contributed by atoms with E-state index in [0.717, 1.165) is 5.92 Å². The molecular weight excluding hydrogens is 254 g/mol. The SMILES string of the molecule is CCOCCOCC(O)CNC1CCCCC1C(C)C. The standard InChI is InChI=1S/C16H33NO3/c1-4-19-9-10-20-12-14(18)11-17-16-8-6-5-7-15(16)13(2)3/h13-18H,4-12H2,1-3H3. The molecule has 0 aromatic heterocycles. The summed E-state index contributed by atoms with van der Waals surface area (Å²) < 4.78 is 10.6. The van der Waals surface area contributed by atoms with Crippen molar-refractivity contribution in [1.29, 1.82) is 0 Å². The smallest absolute Gasteiger partial charge is 0.0897 e. The third kappa shape index (κ3) is 7.02. The molecule has 1 rings (SSSR count). The van der Waals surface area contributed by atoms with Gasteiger partial charge in [-0.15, -0.1) is 0 Å². The summed E-state index contributed by atoms with van der Waals surface area (Å²) in [6, 6.07) is 0.557. The predicted molar refractivity (Wildman–Crippen MR) is 81.9 cm³/mol. The zero-order chi connectivity index (χ0) is 14.8. The van der Waals surface area contributed by atoms with Gasteiger partial charge in [-0.05, 0) is 31.6 Å². The van der Waals surface area contributed by atoms with Gasteiger partial charge in [-0.1, -0.05) is 26.7 Å². The Balaban J connectivity index is 2.13. The Morgan fingerprint density at radius 2 is 1.85 bits per heavy atom. The van der Waals surface area contributed by atoms with Gasteiger partial charge in [0.2, 0.25) is 0 Å². The van der Waals surface area contributed by atoms with Crippen LogP contribution in [0.5, 0.6) is 0 Å². The molecule has 1 saturated carbocycles. The number of ether oxygens (including phenoxy) is 2. The summed E-state index contributed by atoms with van der Waals surface area (Å²) in [5.74, 6) is 1.46. The van der Waals surface area contributed by atoms with Crippen LogP contribution in [0.4, 0.5) is 0 Å². The van der Waals surface area contributed by atoms with Crippen LogP contribution in [-0.4, -0.2) is 50.2 Å². The van der Waals surface area contributed by atoms with Crippen molar-refractivity contribution in [3.05, 3.63) is 0 Å². The van der Waals surface area contributed by atoms with E-state index in [1.165, 1.54) is 25.7 Å². The third-order valence-electron chi connectivity index (χ3n) is 4.18. The molecule has 0 aromatic rings. The van der Waals surface area contributed by atoms with Crippen molar-refractivity contribution in [3.63, 3.8) is 0 Å². The minimum atomic E-state index is -0.425. The number of nitrogens with one attached hydrogen (secondary N) is 1. The van der Waals surface area contributed by atoms with Crippen molar-refractivity contribution in [2.75, 3.05) is 33.0 Å². The number of hydrogen-bond acceptors (Lipinski definition) is 4. The third-order valence-corrected chi connectivity index (χ3v) is 4.18. The van der Waals surface area contributed by atoms with Crippen LogP contribution < -0.4 is 5.32 Å².